The SMILES string of the molecule is CC1CCN(S(=O)(=O)c2cccc(CNC(C)C)c2)CC1. The molecule has 1 aromatic rings. The Morgan fingerprint density at radius 2 is 1.95 bits per heavy atom. The molecule has 0 atom stereocenters. The lowest BCUT2D eigenvalue weighted by molar-refractivity contribution is 0.288. The first-order chi connectivity index (χ1) is 9.89. The van der Waals surface area contributed by atoms with Gasteiger partial charge in [0.25, 0.3) is 0 Å². The highest BCUT2D eigenvalue weighted by atomic mass is 32.2. The Labute approximate surface area is 128 Å². The van der Waals surface area contributed by atoms with E-state index in [9.17, 15) is 8.42 Å². The third kappa shape index (κ3) is 4.28. The van der Waals surface area contributed by atoms with Crippen molar-refractivity contribution < 1.29 is 8.42 Å². The molecule has 1 fully saturated rings. The Morgan fingerprint density at radius 3 is 2.57 bits per heavy atom. The highest BCUT2D eigenvalue weighted by Gasteiger charge is 2.27. The molecule has 0 spiro atoms. The topological polar surface area (TPSA) is 49.4 Å². The lowest BCUT2D eigenvalue weighted by Gasteiger charge is -2.29. The smallest absolute Gasteiger partial charge is 0.243 e. The molecular weight excluding hydrogens is 284 g/mol. The largest absolute Gasteiger partial charge is 0.310 e. The molecule has 0 aromatic heterocycles. The first-order valence-electron chi connectivity index (χ1n) is 7.72. The normalized spacial score (nSPS) is 18.3. The van der Waals surface area contributed by atoms with Crippen LogP contribution in [0.25, 0.3) is 0 Å². The lowest BCUT2D eigenvalue weighted by Crippen LogP contribution is -2.37. The van der Waals surface area contributed by atoms with Crippen molar-refractivity contribution in [1.29, 1.82) is 0 Å². The second-order valence-electron chi connectivity index (χ2n) is 6.27. The molecule has 118 valence electrons. The van der Waals surface area contributed by atoms with Crippen LogP contribution in [0.5, 0.6) is 0 Å². The van der Waals surface area contributed by atoms with Crippen molar-refractivity contribution in [3.8, 4) is 0 Å². The molecule has 1 heterocycles. The van der Waals surface area contributed by atoms with E-state index in [4.69, 9.17) is 0 Å². The van der Waals surface area contributed by atoms with Gasteiger partial charge in [0.1, 0.15) is 0 Å². The molecule has 4 nitrogen and oxygen atoms in total. The van der Waals surface area contributed by atoms with Crippen molar-refractivity contribution in [2.45, 2.75) is 51.1 Å². The molecule has 1 N–H and O–H groups in total. The number of piperidine rings is 1. The molecule has 2 rings (SSSR count). The van der Waals surface area contributed by atoms with Gasteiger partial charge in [-0.25, -0.2) is 8.42 Å². The second kappa shape index (κ2) is 6.90. The zero-order valence-corrected chi connectivity index (χ0v) is 14.0. The summed E-state index contributed by atoms with van der Waals surface area (Å²) in [7, 11) is -3.34. The van der Waals surface area contributed by atoms with E-state index in [1.807, 2.05) is 12.1 Å². The molecule has 0 aliphatic carbocycles. The van der Waals surface area contributed by atoms with Crippen molar-refractivity contribution in [2.24, 2.45) is 5.92 Å². The summed E-state index contributed by atoms with van der Waals surface area (Å²) >= 11 is 0. The number of rotatable bonds is 5. The van der Waals surface area contributed by atoms with Crippen LogP contribution in [0, 0.1) is 5.92 Å². The van der Waals surface area contributed by atoms with E-state index >= 15 is 0 Å². The maximum absolute atomic E-state index is 12.7. The molecular formula is C16H26N2O2S. The number of nitrogens with one attached hydrogen (secondary N) is 1. The van der Waals surface area contributed by atoms with Crippen LogP contribution in [0.15, 0.2) is 29.2 Å². The van der Waals surface area contributed by atoms with E-state index in [1.165, 1.54) is 0 Å². The number of benzene rings is 1. The van der Waals surface area contributed by atoms with Crippen LogP contribution in [0.3, 0.4) is 0 Å². The minimum Gasteiger partial charge on any atom is -0.310 e. The zero-order chi connectivity index (χ0) is 15.5. The van der Waals surface area contributed by atoms with Crippen LogP contribution >= 0.6 is 0 Å². The molecule has 1 saturated heterocycles. The number of sulfonamides is 1. The average molecular weight is 310 g/mol. The summed E-state index contributed by atoms with van der Waals surface area (Å²) in [6.45, 7) is 8.31. The summed E-state index contributed by atoms with van der Waals surface area (Å²) < 4.78 is 27.0. The van der Waals surface area contributed by atoms with Crippen LogP contribution in [-0.4, -0.2) is 31.9 Å². The number of hydrogen-bond donors (Lipinski definition) is 1. The van der Waals surface area contributed by atoms with Gasteiger partial charge in [-0.15, -0.1) is 0 Å². The van der Waals surface area contributed by atoms with Crippen molar-refractivity contribution in [3.63, 3.8) is 0 Å². The summed E-state index contributed by atoms with van der Waals surface area (Å²) in [5, 5.41) is 3.32. The van der Waals surface area contributed by atoms with Gasteiger partial charge in [-0.3, -0.25) is 0 Å². The maximum Gasteiger partial charge on any atom is 0.243 e. The summed E-state index contributed by atoms with van der Waals surface area (Å²) in [6, 6.07) is 7.67. The summed E-state index contributed by atoms with van der Waals surface area (Å²) in [4.78, 5) is 0.417. The standard InChI is InChI=1S/C16H26N2O2S/c1-13(2)17-12-15-5-4-6-16(11-15)21(19,20)18-9-7-14(3)8-10-18/h4-6,11,13-14,17H,7-10,12H2,1-3H3. The second-order valence-corrected chi connectivity index (χ2v) is 8.21. The predicted molar refractivity (Wildman–Crippen MR) is 85.6 cm³/mol. The van der Waals surface area contributed by atoms with E-state index < -0.39 is 10.0 Å². The molecule has 1 aliphatic rings. The summed E-state index contributed by atoms with van der Waals surface area (Å²) in [5.41, 5.74) is 1.01. The van der Waals surface area contributed by atoms with Crippen molar-refractivity contribution in [1.82, 2.24) is 9.62 Å². The van der Waals surface area contributed by atoms with Gasteiger partial charge in [0.2, 0.25) is 10.0 Å². The lowest BCUT2D eigenvalue weighted by atomic mass is 10.0. The fourth-order valence-electron chi connectivity index (χ4n) is 2.51. The molecule has 21 heavy (non-hydrogen) atoms. The Hall–Kier alpha value is -0.910. The van der Waals surface area contributed by atoms with E-state index in [2.05, 4.69) is 26.1 Å². The maximum atomic E-state index is 12.7. The average Bonchev–Trinajstić information content (AvgIpc) is 2.46. The minimum absolute atomic E-state index is 0.383. The van der Waals surface area contributed by atoms with Crippen molar-refractivity contribution >= 4 is 10.0 Å². The molecule has 5 heteroatoms. The third-order valence-corrected chi connectivity index (χ3v) is 5.89. The highest BCUT2D eigenvalue weighted by Crippen LogP contribution is 2.23. The van der Waals surface area contributed by atoms with Gasteiger partial charge < -0.3 is 5.32 Å². The Morgan fingerprint density at radius 1 is 1.29 bits per heavy atom. The molecule has 1 aliphatic heterocycles. The minimum atomic E-state index is -3.34. The van der Waals surface area contributed by atoms with Gasteiger partial charge in [0.05, 0.1) is 4.90 Å². The number of nitrogens with zero attached hydrogens (tertiary/aromatic N) is 1. The highest BCUT2D eigenvalue weighted by molar-refractivity contribution is 7.89. The Bertz CT molecular complexity index is 561. The zero-order valence-electron chi connectivity index (χ0n) is 13.2. The van der Waals surface area contributed by atoms with Gasteiger partial charge in [0.15, 0.2) is 0 Å². The van der Waals surface area contributed by atoms with Crippen LogP contribution < -0.4 is 5.32 Å². The van der Waals surface area contributed by atoms with Crippen LogP contribution in [0.2, 0.25) is 0 Å². The fraction of sp³-hybridized carbons (Fsp3) is 0.625. The molecule has 0 radical (unpaired) electrons. The van der Waals surface area contributed by atoms with Crippen molar-refractivity contribution in [2.75, 3.05) is 13.1 Å². The Balaban J connectivity index is 2.14. The van der Waals surface area contributed by atoms with E-state index in [-0.39, 0.29) is 0 Å². The summed E-state index contributed by atoms with van der Waals surface area (Å²) in [5.74, 6) is 0.623. The predicted octanol–water partition coefficient (Wildman–Crippen LogP) is 2.61. The number of hydrogen-bond acceptors (Lipinski definition) is 3. The molecule has 0 unspecified atom stereocenters. The molecule has 0 bridgehead atoms. The van der Waals surface area contributed by atoms with Crippen molar-refractivity contribution in [3.05, 3.63) is 29.8 Å². The van der Waals surface area contributed by atoms with Gasteiger partial charge in [-0.05, 0) is 36.5 Å². The molecule has 1 aromatic carbocycles. The van der Waals surface area contributed by atoms with Gasteiger partial charge in [-0.2, -0.15) is 4.31 Å². The monoisotopic (exact) mass is 310 g/mol. The molecule has 0 amide bonds. The van der Waals surface area contributed by atoms with Crippen LogP contribution in [0.1, 0.15) is 39.2 Å². The quantitative estimate of drug-likeness (QED) is 0.909. The third-order valence-electron chi connectivity index (χ3n) is 3.99. The van der Waals surface area contributed by atoms with Gasteiger partial charge >= 0.3 is 0 Å². The van der Waals surface area contributed by atoms with Crippen LogP contribution in [-0.2, 0) is 16.6 Å². The van der Waals surface area contributed by atoms with Gasteiger partial charge in [0, 0.05) is 25.7 Å². The fourth-order valence-corrected chi connectivity index (χ4v) is 4.05. The summed E-state index contributed by atoms with van der Waals surface area (Å²) in [6.07, 6.45) is 1.90. The first-order valence-corrected chi connectivity index (χ1v) is 9.16. The van der Waals surface area contributed by atoms with E-state index in [1.54, 1.807) is 16.4 Å². The molecule has 0 saturated carbocycles. The van der Waals surface area contributed by atoms with Crippen LogP contribution in [0.4, 0.5) is 0 Å². The van der Waals surface area contributed by atoms with E-state index in [0.29, 0.717) is 36.5 Å². The van der Waals surface area contributed by atoms with Gasteiger partial charge in [-0.1, -0.05) is 32.9 Å². The van der Waals surface area contributed by atoms with E-state index in [0.717, 1.165) is 18.4 Å². The first kappa shape index (κ1) is 16.5. The Kier molecular flexibility index (Phi) is 5.41.